The zero-order chi connectivity index (χ0) is 14.1. The summed E-state index contributed by atoms with van der Waals surface area (Å²) in [6.45, 7) is 13.1. The topological polar surface area (TPSA) is 26.3 Å². The van der Waals surface area contributed by atoms with Gasteiger partial charge in [0, 0.05) is 6.08 Å². The molecule has 0 saturated heterocycles. The first-order valence-corrected chi connectivity index (χ1v) is 6.90. The molecule has 1 unspecified atom stereocenters. The number of hydrogen-bond donors (Lipinski definition) is 0. The zero-order valence-electron chi connectivity index (χ0n) is 12.7. The Morgan fingerprint density at radius 3 is 2.22 bits per heavy atom. The minimum atomic E-state index is -0.256. The third-order valence-electron chi connectivity index (χ3n) is 3.04. The van der Waals surface area contributed by atoms with E-state index in [1.807, 2.05) is 13.8 Å². The second kappa shape index (κ2) is 8.96. The van der Waals surface area contributed by atoms with Gasteiger partial charge in [-0.15, -0.1) is 0 Å². The molecule has 2 heteroatoms. The Morgan fingerprint density at radius 1 is 1.11 bits per heavy atom. The highest BCUT2D eigenvalue weighted by molar-refractivity contribution is 5.83. The molecule has 104 valence electrons. The first-order valence-electron chi connectivity index (χ1n) is 6.90. The molecule has 0 amide bonds. The van der Waals surface area contributed by atoms with Crippen molar-refractivity contribution in [3.8, 4) is 0 Å². The lowest BCUT2D eigenvalue weighted by Gasteiger charge is -2.14. The van der Waals surface area contributed by atoms with Crippen molar-refractivity contribution in [2.75, 3.05) is 6.61 Å². The summed E-state index contributed by atoms with van der Waals surface area (Å²) in [6.07, 6.45) is 6.09. The summed E-state index contributed by atoms with van der Waals surface area (Å²) < 4.78 is 4.89. The van der Waals surface area contributed by atoms with E-state index in [1.54, 1.807) is 6.08 Å². The van der Waals surface area contributed by atoms with E-state index < -0.39 is 0 Å². The Kier molecular flexibility index (Phi) is 8.43. The molecule has 0 aromatic carbocycles. The van der Waals surface area contributed by atoms with E-state index in [0.29, 0.717) is 12.5 Å². The van der Waals surface area contributed by atoms with Crippen LogP contribution in [0, 0.1) is 11.8 Å². The molecule has 2 nitrogen and oxygen atoms in total. The van der Waals surface area contributed by atoms with Crippen LogP contribution in [0.15, 0.2) is 23.3 Å². The van der Waals surface area contributed by atoms with Crippen LogP contribution in [0.2, 0.25) is 0 Å². The second-order valence-corrected chi connectivity index (χ2v) is 5.40. The van der Waals surface area contributed by atoms with Crippen molar-refractivity contribution in [1.82, 2.24) is 0 Å². The maximum atomic E-state index is 11.3. The van der Waals surface area contributed by atoms with Crippen LogP contribution in [0.1, 0.15) is 54.4 Å². The van der Waals surface area contributed by atoms with Crippen LogP contribution in [-0.2, 0) is 9.53 Å². The highest BCUT2D eigenvalue weighted by Gasteiger charge is 2.06. The molecule has 0 fully saturated rings. The number of rotatable bonds is 7. The molecular weight excluding hydrogens is 224 g/mol. The van der Waals surface area contributed by atoms with Crippen LogP contribution in [-0.4, -0.2) is 12.6 Å². The van der Waals surface area contributed by atoms with Crippen molar-refractivity contribution in [3.05, 3.63) is 23.3 Å². The van der Waals surface area contributed by atoms with Gasteiger partial charge in [0.2, 0.25) is 0 Å². The van der Waals surface area contributed by atoms with Crippen LogP contribution in [0.4, 0.5) is 0 Å². The van der Waals surface area contributed by atoms with Gasteiger partial charge in [0.1, 0.15) is 0 Å². The average Bonchev–Trinajstić information content (AvgIpc) is 2.25. The first kappa shape index (κ1) is 16.9. The summed E-state index contributed by atoms with van der Waals surface area (Å²) in [6, 6.07) is 0. The largest absolute Gasteiger partial charge is 0.463 e. The molecule has 18 heavy (non-hydrogen) atoms. The van der Waals surface area contributed by atoms with Crippen molar-refractivity contribution in [2.24, 2.45) is 11.8 Å². The summed E-state index contributed by atoms with van der Waals surface area (Å²) in [7, 11) is 0. The van der Waals surface area contributed by atoms with Crippen LogP contribution in [0.3, 0.4) is 0 Å². The Balaban J connectivity index is 4.42. The van der Waals surface area contributed by atoms with Gasteiger partial charge in [-0.3, -0.25) is 0 Å². The fraction of sp³-hybridized carbons (Fsp3) is 0.688. The van der Waals surface area contributed by atoms with E-state index >= 15 is 0 Å². The molecule has 1 atom stereocenters. The summed E-state index contributed by atoms with van der Waals surface area (Å²) >= 11 is 0. The quantitative estimate of drug-likeness (QED) is 0.378. The van der Waals surface area contributed by atoms with Gasteiger partial charge in [-0.25, -0.2) is 4.79 Å². The van der Waals surface area contributed by atoms with Gasteiger partial charge in [0.05, 0.1) is 6.61 Å². The predicted molar refractivity (Wildman–Crippen MR) is 77.4 cm³/mol. The average molecular weight is 252 g/mol. The highest BCUT2D eigenvalue weighted by Crippen LogP contribution is 2.20. The molecule has 0 bridgehead atoms. The molecule has 0 saturated carbocycles. The monoisotopic (exact) mass is 252 g/mol. The Labute approximate surface area is 112 Å². The van der Waals surface area contributed by atoms with E-state index in [0.717, 1.165) is 11.5 Å². The lowest BCUT2D eigenvalue weighted by atomic mass is 9.92. The third-order valence-corrected chi connectivity index (χ3v) is 3.04. The summed E-state index contributed by atoms with van der Waals surface area (Å²) in [5.41, 5.74) is 2.29. The van der Waals surface area contributed by atoms with E-state index in [9.17, 15) is 4.79 Å². The molecule has 0 aliphatic heterocycles. The van der Waals surface area contributed by atoms with Gasteiger partial charge in [-0.1, -0.05) is 38.8 Å². The van der Waals surface area contributed by atoms with Crippen molar-refractivity contribution in [2.45, 2.75) is 54.4 Å². The van der Waals surface area contributed by atoms with E-state index in [2.05, 4.69) is 33.8 Å². The Hall–Kier alpha value is -1.05. The molecule has 0 aliphatic carbocycles. The molecule has 0 heterocycles. The van der Waals surface area contributed by atoms with Gasteiger partial charge >= 0.3 is 5.97 Å². The molecule has 0 aromatic heterocycles. The zero-order valence-corrected chi connectivity index (χ0v) is 12.7. The normalized spacial score (nSPS) is 14.8. The SMILES string of the molecule is CCOC(=O)C=C(C)C=C(C)C(C)CCC(C)C. The summed E-state index contributed by atoms with van der Waals surface area (Å²) in [5.74, 6) is 1.06. The predicted octanol–water partition coefficient (Wildman–Crippen LogP) is 4.51. The van der Waals surface area contributed by atoms with E-state index in [-0.39, 0.29) is 5.97 Å². The molecule has 0 aliphatic rings. The van der Waals surface area contributed by atoms with Gasteiger partial charge < -0.3 is 4.74 Å². The second-order valence-electron chi connectivity index (χ2n) is 5.40. The van der Waals surface area contributed by atoms with Gasteiger partial charge in [-0.2, -0.15) is 0 Å². The maximum absolute atomic E-state index is 11.3. The molecule has 0 spiro atoms. The molecule has 0 N–H and O–H groups in total. The van der Waals surface area contributed by atoms with Crippen LogP contribution in [0.5, 0.6) is 0 Å². The molecular formula is C16H28O2. The van der Waals surface area contributed by atoms with Crippen molar-refractivity contribution >= 4 is 5.97 Å². The Morgan fingerprint density at radius 2 is 1.72 bits per heavy atom. The maximum Gasteiger partial charge on any atom is 0.330 e. The highest BCUT2D eigenvalue weighted by atomic mass is 16.5. The smallest absolute Gasteiger partial charge is 0.330 e. The Bertz CT molecular complexity index is 311. The van der Waals surface area contributed by atoms with E-state index in [4.69, 9.17) is 4.74 Å². The number of esters is 1. The van der Waals surface area contributed by atoms with Gasteiger partial charge in [-0.05, 0) is 44.6 Å². The summed E-state index contributed by atoms with van der Waals surface area (Å²) in [4.78, 5) is 11.3. The molecule has 0 radical (unpaired) electrons. The number of carbonyl (C=O) groups is 1. The number of hydrogen-bond acceptors (Lipinski definition) is 2. The van der Waals surface area contributed by atoms with Crippen molar-refractivity contribution < 1.29 is 9.53 Å². The molecule has 0 aromatic rings. The van der Waals surface area contributed by atoms with Gasteiger partial charge in [0.25, 0.3) is 0 Å². The van der Waals surface area contributed by atoms with Crippen molar-refractivity contribution in [1.29, 1.82) is 0 Å². The van der Waals surface area contributed by atoms with Crippen molar-refractivity contribution in [3.63, 3.8) is 0 Å². The van der Waals surface area contributed by atoms with Crippen LogP contribution < -0.4 is 0 Å². The first-order chi connectivity index (χ1) is 8.36. The standard InChI is InChI=1S/C16H28O2/c1-7-18-16(17)11-13(4)10-15(6)14(5)9-8-12(2)3/h10-12,14H,7-9H2,1-6H3. The van der Waals surface area contributed by atoms with Gasteiger partial charge in [0.15, 0.2) is 0 Å². The minimum absolute atomic E-state index is 0.256. The van der Waals surface area contributed by atoms with Crippen LogP contribution in [0.25, 0.3) is 0 Å². The lowest BCUT2D eigenvalue weighted by molar-refractivity contribution is -0.137. The number of carbonyl (C=O) groups excluding carboxylic acids is 1. The fourth-order valence-electron chi connectivity index (χ4n) is 1.72. The van der Waals surface area contributed by atoms with E-state index in [1.165, 1.54) is 18.4 Å². The summed E-state index contributed by atoms with van der Waals surface area (Å²) in [5, 5.41) is 0. The number of allylic oxidation sites excluding steroid dienone is 3. The van der Waals surface area contributed by atoms with Crippen LogP contribution >= 0.6 is 0 Å². The third kappa shape index (κ3) is 8.10. The number of ether oxygens (including phenoxy) is 1. The fourth-order valence-corrected chi connectivity index (χ4v) is 1.72. The lowest BCUT2D eigenvalue weighted by Crippen LogP contribution is -2.01. The minimum Gasteiger partial charge on any atom is -0.463 e. The molecule has 0 rings (SSSR count).